The van der Waals surface area contributed by atoms with Crippen molar-refractivity contribution in [3.05, 3.63) is 23.7 Å². The van der Waals surface area contributed by atoms with Crippen molar-refractivity contribution in [2.75, 3.05) is 18.4 Å². The molecule has 1 fully saturated rings. The van der Waals surface area contributed by atoms with Crippen LogP contribution in [0.5, 0.6) is 0 Å². The van der Waals surface area contributed by atoms with E-state index >= 15 is 0 Å². The van der Waals surface area contributed by atoms with Gasteiger partial charge in [-0.2, -0.15) is 4.98 Å². The third-order valence-corrected chi connectivity index (χ3v) is 9.02. The molecule has 0 saturated carbocycles. The lowest BCUT2D eigenvalue weighted by molar-refractivity contribution is 0.0712. The number of halogens is 4. The Kier molecular flexibility index (Phi) is 5.59. The minimum absolute atomic E-state index is 0.127. The molecule has 0 radical (unpaired) electrons. The largest absolute Gasteiger partial charge is 0.336 e. The van der Waals surface area contributed by atoms with Gasteiger partial charge in [0.2, 0.25) is 17.7 Å². The number of anilines is 2. The summed E-state index contributed by atoms with van der Waals surface area (Å²) in [6, 6.07) is 0. The predicted molar refractivity (Wildman–Crippen MR) is 116 cm³/mol. The lowest BCUT2D eigenvalue weighted by atomic mass is 10.1. The van der Waals surface area contributed by atoms with E-state index in [1.54, 1.807) is 4.90 Å². The van der Waals surface area contributed by atoms with E-state index in [0.717, 1.165) is 61.3 Å². The molecule has 3 aromatic rings. The zero-order chi connectivity index (χ0) is 19.1. The summed E-state index contributed by atoms with van der Waals surface area (Å²) in [6.07, 6.45) is 3.22. The molecule has 1 saturated heterocycles. The van der Waals surface area contributed by atoms with E-state index in [4.69, 9.17) is 0 Å². The molecule has 0 aliphatic carbocycles. The number of amides is 1. The number of fused-ring (bicyclic) bond motifs is 1. The maximum Gasteiger partial charge on any atom is 0.291 e. The molecule has 2 aromatic heterocycles. The Bertz CT molecular complexity index is 980. The van der Waals surface area contributed by atoms with Crippen molar-refractivity contribution in [3.8, 4) is 0 Å². The highest BCUT2D eigenvalue weighted by Gasteiger charge is 2.22. The number of carbonyl (C=O) groups excluding carboxylic acids is 1. The molecule has 1 aromatic carbocycles. The van der Waals surface area contributed by atoms with Gasteiger partial charge in [0.1, 0.15) is 5.52 Å². The number of hydrogen-bond acceptors (Lipinski definition) is 5. The molecule has 3 N–H and O–H groups in total. The third-order valence-electron chi connectivity index (χ3n) is 4.27. The highest BCUT2D eigenvalue weighted by atomic mass is 79.9. The number of benzene rings is 1. The van der Waals surface area contributed by atoms with Crippen LogP contribution in [0.4, 0.5) is 11.9 Å². The molecule has 0 spiro atoms. The van der Waals surface area contributed by atoms with Crippen LogP contribution in [-0.2, 0) is 0 Å². The van der Waals surface area contributed by atoms with Crippen LogP contribution in [0.15, 0.2) is 17.9 Å². The summed E-state index contributed by atoms with van der Waals surface area (Å²) < 4.78 is 3.37. The molecule has 8 nitrogen and oxygen atoms in total. The fourth-order valence-corrected chi connectivity index (χ4v) is 5.21. The van der Waals surface area contributed by atoms with Crippen molar-refractivity contribution in [3.63, 3.8) is 0 Å². The number of imidazole rings is 1. The Morgan fingerprint density at radius 3 is 2.41 bits per heavy atom. The van der Waals surface area contributed by atoms with Gasteiger partial charge in [-0.3, -0.25) is 15.2 Å². The summed E-state index contributed by atoms with van der Waals surface area (Å²) >= 11 is 14.1. The molecule has 0 atom stereocenters. The Morgan fingerprint density at radius 1 is 0.963 bits per heavy atom. The fourth-order valence-electron chi connectivity index (χ4n) is 2.92. The molecule has 1 aliphatic heterocycles. The van der Waals surface area contributed by atoms with Crippen LogP contribution < -0.4 is 5.32 Å². The first kappa shape index (κ1) is 19.3. The van der Waals surface area contributed by atoms with E-state index in [9.17, 15) is 4.79 Å². The number of likely N-dealkylation sites (tertiary alicyclic amines) is 1. The van der Waals surface area contributed by atoms with Gasteiger partial charge in [-0.1, -0.05) is 0 Å². The van der Waals surface area contributed by atoms with E-state index in [0.29, 0.717) is 5.95 Å². The second-order valence-corrected chi connectivity index (χ2v) is 9.22. The summed E-state index contributed by atoms with van der Waals surface area (Å²) in [7, 11) is 0. The maximum absolute atomic E-state index is 12.5. The van der Waals surface area contributed by atoms with Crippen molar-refractivity contribution in [2.24, 2.45) is 0 Å². The van der Waals surface area contributed by atoms with E-state index in [1.165, 1.54) is 0 Å². The van der Waals surface area contributed by atoms with Crippen LogP contribution in [0.3, 0.4) is 0 Å². The number of aromatic amines is 2. The number of carbonyl (C=O) groups is 1. The molecule has 27 heavy (non-hydrogen) atoms. The smallest absolute Gasteiger partial charge is 0.291 e. The number of nitrogens with zero attached hydrogens (tertiary/aromatic N) is 4. The van der Waals surface area contributed by atoms with Gasteiger partial charge in [0.25, 0.3) is 5.91 Å². The summed E-state index contributed by atoms with van der Waals surface area (Å²) in [5, 5.41) is 9.79. The fraction of sp³-hybridized carbons (Fsp3) is 0.333. The van der Waals surface area contributed by atoms with Crippen LogP contribution in [0.2, 0.25) is 0 Å². The average molecular weight is 627 g/mol. The minimum atomic E-state index is -0.127. The number of piperidine rings is 1. The molecular formula is C15H13Br4N7O. The van der Waals surface area contributed by atoms with Gasteiger partial charge in [0.15, 0.2) is 0 Å². The molecule has 1 amide bonds. The first-order chi connectivity index (χ1) is 13.0. The Labute approximate surface area is 187 Å². The average Bonchev–Trinajstić information content (AvgIpc) is 3.32. The molecule has 1 aliphatic rings. The van der Waals surface area contributed by atoms with Crippen molar-refractivity contribution in [1.29, 1.82) is 0 Å². The standard InChI is InChI=1S/C15H13Br4N7O/c16-6-7(17)9(19)11-10(8(6)18)20-14(21-11)23-15-22-12(24-25-15)13(27)26-4-2-1-3-5-26/h1-5H2,(H3,20,21,22,23,24,25). The maximum atomic E-state index is 12.5. The predicted octanol–water partition coefficient (Wildman–Crippen LogP) is 5.10. The van der Waals surface area contributed by atoms with Crippen LogP contribution in [0.1, 0.15) is 29.9 Å². The summed E-state index contributed by atoms with van der Waals surface area (Å²) in [6.45, 7) is 1.52. The molecule has 0 unspecified atom stereocenters. The number of aromatic nitrogens is 5. The van der Waals surface area contributed by atoms with Gasteiger partial charge < -0.3 is 9.88 Å². The minimum Gasteiger partial charge on any atom is -0.336 e. The molecule has 4 rings (SSSR count). The lowest BCUT2D eigenvalue weighted by Gasteiger charge is -2.25. The topological polar surface area (TPSA) is 103 Å². The van der Waals surface area contributed by atoms with Crippen molar-refractivity contribution in [2.45, 2.75) is 19.3 Å². The van der Waals surface area contributed by atoms with Crippen LogP contribution in [-0.4, -0.2) is 49.0 Å². The number of hydrogen-bond donors (Lipinski definition) is 3. The Hall–Kier alpha value is -0.980. The molecule has 12 heteroatoms. The zero-order valence-electron chi connectivity index (χ0n) is 13.7. The monoisotopic (exact) mass is 623 g/mol. The molecular weight excluding hydrogens is 614 g/mol. The van der Waals surface area contributed by atoms with E-state index in [-0.39, 0.29) is 17.7 Å². The van der Waals surface area contributed by atoms with Crippen molar-refractivity contribution < 1.29 is 4.79 Å². The SMILES string of the molecule is O=C(c1nc(Nc2nc3c(Br)c(Br)c(Br)c(Br)c3[nH]2)n[nH]1)N1CCCCC1. The lowest BCUT2D eigenvalue weighted by Crippen LogP contribution is -2.36. The van der Waals surface area contributed by atoms with Crippen molar-refractivity contribution in [1.82, 2.24) is 30.0 Å². The second kappa shape index (κ2) is 7.80. The van der Waals surface area contributed by atoms with Gasteiger partial charge in [-0.15, -0.1) is 5.10 Å². The van der Waals surface area contributed by atoms with Crippen LogP contribution >= 0.6 is 63.7 Å². The Balaban J connectivity index is 1.58. The van der Waals surface area contributed by atoms with Gasteiger partial charge in [0, 0.05) is 22.0 Å². The van der Waals surface area contributed by atoms with Gasteiger partial charge in [0.05, 0.1) is 14.5 Å². The zero-order valence-corrected chi connectivity index (χ0v) is 20.1. The third kappa shape index (κ3) is 3.68. The van der Waals surface area contributed by atoms with E-state index in [2.05, 4.69) is 94.2 Å². The van der Waals surface area contributed by atoms with Crippen molar-refractivity contribution >= 4 is 92.6 Å². The molecule has 3 heterocycles. The molecule has 142 valence electrons. The van der Waals surface area contributed by atoms with E-state index in [1.807, 2.05) is 0 Å². The van der Waals surface area contributed by atoms with Gasteiger partial charge >= 0.3 is 0 Å². The Morgan fingerprint density at radius 2 is 1.67 bits per heavy atom. The summed E-state index contributed by atoms with van der Waals surface area (Å²) in [5.41, 5.74) is 1.54. The summed E-state index contributed by atoms with van der Waals surface area (Å²) in [5.74, 6) is 0.841. The van der Waals surface area contributed by atoms with Crippen LogP contribution in [0.25, 0.3) is 11.0 Å². The highest BCUT2D eigenvalue weighted by molar-refractivity contribution is 9.15. The first-order valence-corrected chi connectivity index (χ1v) is 11.3. The second-order valence-electron chi connectivity index (χ2n) is 6.05. The first-order valence-electron chi connectivity index (χ1n) is 8.16. The number of H-pyrrole nitrogens is 2. The quantitative estimate of drug-likeness (QED) is 0.277. The molecule has 0 bridgehead atoms. The number of rotatable bonds is 3. The van der Waals surface area contributed by atoms with Gasteiger partial charge in [-0.05, 0) is 83.0 Å². The number of nitrogens with one attached hydrogen (secondary N) is 3. The van der Waals surface area contributed by atoms with Crippen LogP contribution in [0, 0.1) is 0 Å². The normalized spacial score (nSPS) is 14.7. The highest BCUT2D eigenvalue weighted by Crippen LogP contribution is 2.43. The van der Waals surface area contributed by atoms with E-state index < -0.39 is 0 Å². The summed E-state index contributed by atoms with van der Waals surface area (Å²) in [4.78, 5) is 26.3. The van der Waals surface area contributed by atoms with Gasteiger partial charge in [-0.25, -0.2) is 4.98 Å².